The maximum atomic E-state index is 13.5. The molecule has 1 rings (SSSR count). The van der Waals surface area contributed by atoms with Gasteiger partial charge < -0.3 is 43.0 Å². The molecule has 0 N–H and O–H groups in total. The monoisotopic (exact) mass is 983 g/mol. The number of rotatable bonds is 50. The summed E-state index contributed by atoms with van der Waals surface area (Å²) in [7, 11) is 0. The van der Waals surface area contributed by atoms with Gasteiger partial charge in [0.1, 0.15) is 12.2 Å². The van der Waals surface area contributed by atoms with Gasteiger partial charge >= 0.3 is 18.0 Å². The van der Waals surface area contributed by atoms with Crippen molar-refractivity contribution in [1.29, 1.82) is 0 Å². The van der Waals surface area contributed by atoms with Gasteiger partial charge in [0, 0.05) is 52.2 Å². The SMILES string of the molecule is CCCCCCCCCOC(CCC(=O)O[C@@H]1C[C@@H](OC(=O)CCC(OCCCCCCCCC)OCCCCCCCCC)CN(C(=O)OCCCN(CC)CC)C1)OCCCCCCCCC. The molecule has 0 radical (unpaired) electrons. The minimum atomic E-state index is -0.656. The van der Waals surface area contributed by atoms with Crippen LogP contribution in [0.2, 0.25) is 0 Å². The van der Waals surface area contributed by atoms with Crippen molar-refractivity contribution in [3.05, 3.63) is 0 Å². The second kappa shape index (κ2) is 48.3. The van der Waals surface area contributed by atoms with Gasteiger partial charge in [-0.2, -0.15) is 0 Å². The molecule has 0 aromatic carbocycles. The van der Waals surface area contributed by atoms with E-state index in [0.717, 1.165) is 71.0 Å². The first kappa shape index (κ1) is 65.0. The number of esters is 2. The number of amides is 1. The van der Waals surface area contributed by atoms with Crippen LogP contribution in [-0.4, -0.2) is 118 Å². The van der Waals surface area contributed by atoms with Crippen molar-refractivity contribution in [3.8, 4) is 0 Å². The number of hydrogen-bond acceptors (Lipinski definition) is 11. The van der Waals surface area contributed by atoms with E-state index in [-0.39, 0.29) is 44.5 Å². The van der Waals surface area contributed by atoms with Gasteiger partial charge in [-0.25, -0.2) is 4.79 Å². The Kier molecular flexibility index (Phi) is 45.5. The normalized spacial score (nSPS) is 15.2. The van der Waals surface area contributed by atoms with E-state index >= 15 is 0 Å². The third-order valence-electron chi connectivity index (χ3n) is 13.3. The topological polar surface area (TPSA) is 122 Å². The number of carbonyl (C=O) groups excluding carboxylic acids is 3. The summed E-state index contributed by atoms with van der Waals surface area (Å²) in [4.78, 5) is 44.3. The molecule has 0 aromatic heterocycles. The molecule has 0 aromatic rings. The Hall–Kier alpha value is -1.99. The molecule has 0 spiro atoms. The predicted octanol–water partition coefficient (Wildman–Crippen LogP) is 14.7. The fourth-order valence-electron chi connectivity index (χ4n) is 8.89. The maximum absolute atomic E-state index is 13.5. The Bertz CT molecular complexity index is 1050. The van der Waals surface area contributed by atoms with Crippen molar-refractivity contribution >= 4 is 18.0 Å². The van der Waals surface area contributed by atoms with E-state index in [4.69, 9.17) is 33.2 Å². The minimum Gasteiger partial charge on any atom is -0.460 e. The second-order valence-corrected chi connectivity index (χ2v) is 19.8. The highest BCUT2D eigenvalue weighted by Gasteiger charge is 2.35. The molecule has 12 nitrogen and oxygen atoms in total. The predicted molar refractivity (Wildman–Crippen MR) is 282 cm³/mol. The molecule has 1 aliphatic heterocycles. The highest BCUT2D eigenvalue weighted by molar-refractivity contribution is 5.71. The van der Waals surface area contributed by atoms with Crippen molar-refractivity contribution in [2.75, 3.05) is 65.8 Å². The number of carbonyl (C=O) groups is 3. The first-order valence-corrected chi connectivity index (χ1v) is 29.3. The number of hydrogen-bond donors (Lipinski definition) is 0. The Labute approximate surface area is 424 Å². The molecule has 1 fully saturated rings. The highest BCUT2D eigenvalue weighted by atomic mass is 16.7. The van der Waals surface area contributed by atoms with Crippen molar-refractivity contribution < 1.29 is 47.5 Å². The number of unbranched alkanes of at least 4 members (excludes halogenated alkanes) is 24. The first-order valence-electron chi connectivity index (χ1n) is 29.3. The summed E-state index contributed by atoms with van der Waals surface area (Å²) < 4.78 is 42.7. The van der Waals surface area contributed by atoms with Crippen molar-refractivity contribution in [1.82, 2.24) is 9.80 Å². The van der Waals surface area contributed by atoms with E-state index in [1.807, 2.05) is 0 Å². The summed E-state index contributed by atoms with van der Waals surface area (Å²) in [5.74, 6) is -0.773. The highest BCUT2D eigenvalue weighted by Crippen LogP contribution is 2.22. The van der Waals surface area contributed by atoms with Gasteiger partial charge in [-0.3, -0.25) is 9.59 Å². The molecule has 69 heavy (non-hydrogen) atoms. The van der Waals surface area contributed by atoms with Gasteiger partial charge in [-0.15, -0.1) is 0 Å². The zero-order valence-electron chi connectivity index (χ0n) is 45.9. The Morgan fingerprint density at radius 2 is 0.754 bits per heavy atom. The number of piperidine rings is 1. The average Bonchev–Trinajstić information content (AvgIpc) is 3.34. The fourth-order valence-corrected chi connectivity index (χ4v) is 8.89. The van der Waals surface area contributed by atoms with Crippen molar-refractivity contribution in [2.24, 2.45) is 0 Å². The largest absolute Gasteiger partial charge is 0.460 e. The lowest BCUT2D eigenvalue weighted by Crippen LogP contribution is -2.51. The molecule has 0 saturated carbocycles. The molecule has 12 heteroatoms. The lowest BCUT2D eigenvalue weighted by Gasteiger charge is -2.36. The third-order valence-corrected chi connectivity index (χ3v) is 13.3. The molecule has 1 amide bonds. The van der Waals surface area contributed by atoms with Crippen LogP contribution in [0.3, 0.4) is 0 Å². The van der Waals surface area contributed by atoms with Crippen molar-refractivity contribution in [3.63, 3.8) is 0 Å². The fraction of sp³-hybridized carbons (Fsp3) is 0.947. The standard InChI is InChI=1S/C57H110N2O10/c1-7-13-17-21-25-29-33-43-63-55(64-44-34-30-26-22-18-14-8-2)40-38-53(60)68-51-48-52(50-59(49-51)57(62)67-47-37-42-58(11-5)12-6)69-54(61)39-41-56(65-45-35-31-27-23-19-15-9-3)66-46-36-32-28-24-20-16-10-4/h51-52,55-56H,7-50H2,1-6H3/t51-,52-/m1/s1. The molecule has 1 saturated heterocycles. The van der Waals surface area contributed by atoms with E-state index < -0.39 is 30.9 Å². The molecule has 2 atom stereocenters. The zero-order valence-corrected chi connectivity index (χ0v) is 45.9. The number of likely N-dealkylation sites (tertiary alicyclic amines) is 1. The van der Waals surface area contributed by atoms with Crippen LogP contribution in [-0.2, 0) is 42.7 Å². The Balaban J connectivity index is 2.90. The van der Waals surface area contributed by atoms with E-state index in [2.05, 4.69) is 46.4 Å². The van der Waals surface area contributed by atoms with Gasteiger partial charge in [0.25, 0.3) is 0 Å². The lowest BCUT2D eigenvalue weighted by atomic mass is 10.1. The summed E-state index contributed by atoms with van der Waals surface area (Å²) in [6.45, 7) is 18.9. The average molecular weight is 984 g/mol. The molecule has 1 heterocycles. The Morgan fingerprint density at radius 3 is 1.07 bits per heavy atom. The molecule has 408 valence electrons. The molecule has 1 aliphatic rings. The van der Waals surface area contributed by atoms with Crippen LogP contribution in [0.15, 0.2) is 0 Å². The molecular formula is C57H110N2O10. The second-order valence-electron chi connectivity index (χ2n) is 19.8. The van der Waals surface area contributed by atoms with E-state index in [1.165, 1.54) is 133 Å². The summed E-state index contributed by atoms with van der Waals surface area (Å²) in [6, 6.07) is 0. The van der Waals surface area contributed by atoms with Gasteiger partial charge in [-0.1, -0.05) is 196 Å². The first-order chi connectivity index (χ1) is 33.8. The van der Waals surface area contributed by atoms with Crippen molar-refractivity contribution in [2.45, 2.75) is 285 Å². The van der Waals surface area contributed by atoms with Crippen LogP contribution in [0, 0.1) is 0 Å². The minimum absolute atomic E-state index is 0.120. The summed E-state index contributed by atoms with van der Waals surface area (Å²) in [6.07, 6.45) is 32.8. The smallest absolute Gasteiger partial charge is 0.410 e. The zero-order chi connectivity index (χ0) is 50.3. The molecule has 0 bridgehead atoms. The molecule has 0 unspecified atom stereocenters. The summed E-state index contributed by atoms with van der Waals surface area (Å²) in [5.41, 5.74) is 0. The molecule has 0 aliphatic carbocycles. The van der Waals surface area contributed by atoms with E-state index in [9.17, 15) is 14.4 Å². The maximum Gasteiger partial charge on any atom is 0.410 e. The van der Waals surface area contributed by atoms with Crippen LogP contribution in [0.25, 0.3) is 0 Å². The van der Waals surface area contributed by atoms with Crippen LogP contribution in [0.4, 0.5) is 4.79 Å². The van der Waals surface area contributed by atoms with Crippen LogP contribution < -0.4 is 0 Å². The summed E-state index contributed by atoms with van der Waals surface area (Å²) in [5, 5.41) is 0. The van der Waals surface area contributed by atoms with Gasteiger partial charge in [-0.05, 0) is 45.2 Å². The van der Waals surface area contributed by atoms with Crippen LogP contribution >= 0.6 is 0 Å². The van der Waals surface area contributed by atoms with E-state index in [0.29, 0.717) is 52.1 Å². The number of nitrogens with zero attached hydrogens (tertiary/aromatic N) is 2. The molecular weight excluding hydrogens is 873 g/mol. The summed E-state index contributed by atoms with van der Waals surface area (Å²) >= 11 is 0. The lowest BCUT2D eigenvalue weighted by molar-refractivity contribution is -0.170. The van der Waals surface area contributed by atoms with Gasteiger partial charge in [0.15, 0.2) is 12.6 Å². The quantitative estimate of drug-likeness (QED) is 0.0251. The third kappa shape index (κ3) is 39.3. The Morgan fingerprint density at radius 1 is 0.435 bits per heavy atom. The van der Waals surface area contributed by atoms with Crippen LogP contribution in [0.5, 0.6) is 0 Å². The van der Waals surface area contributed by atoms with Gasteiger partial charge in [0.05, 0.1) is 32.5 Å². The van der Waals surface area contributed by atoms with Gasteiger partial charge in [0.2, 0.25) is 0 Å². The van der Waals surface area contributed by atoms with E-state index in [1.54, 1.807) is 0 Å². The number of ether oxygens (including phenoxy) is 7. The van der Waals surface area contributed by atoms with Crippen LogP contribution in [0.1, 0.15) is 260 Å².